The first-order valence-corrected chi connectivity index (χ1v) is 12.4. The molecule has 0 radical (unpaired) electrons. The van der Waals surface area contributed by atoms with E-state index in [0.717, 1.165) is 48.7 Å². The van der Waals surface area contributed by atoms with Crippen LogP contribution in [0, 0.1) is 5.92 Å². The van der Waals surface area contributed by atoms with Crippen molar-refractivity contribution in [2.45, 2.75) is 39.8 Å². The molecule has 184 valence electrons. The average Bonchev–Trinajstić information content (AvgIpc) is 2.81. The van der Waals surface area contributed by atoms with E-state index >= 15 is 0 Å². The lowest BCUT2D eigenvalue weighted by Crippen LogP contribution is -2.40. The van der Waals surface area contributed by atoms with Gasteiger partial charge in [0, 0.05) is 63.0 Å². The Morgan fingerprint density at radius 1 is 0.971 bits per heavy atom. The molecule has 0 aromatic heterocycles. The number of anilines is 1. The summed E-state index contributed by atoms with van der Waals surface area (Å²) in [6, 6.07) is 15.8. The zero-order valence-electron chi connectivity index (χ0n) is 20.5. The zero-order valence-corrected chi connectivity index (χ0v) is 21.3. The zero-order chi connectivity index (χ0) is 24.5. The normalized spacial score (nSPS) is 16.0. The number of rotatable bonds is 5. The molecule has 2 aromatic carbocycles. The summed E-state index contributed by atoms with van der Waals surface area (Å²) >= 11 is 6.06. The number of hydrogen-bond donors (Lipinski definition) is 0. The molecular formula is C27H36ClN3O3. The third kappa shape index (κ3) is 7.29. The second-order valence-corrected chi connectivity index (χ2v) is 9.57. The van der Waals surface area contributed by atoms with Crippen LogP contribution in [0.15, 0.2) is 48.5 Å². The van der Waals surface area contributed by atoms with Gasteiger partial charge in [-0.3, -0.25) is 14.5 Å². The predicted octanol–water partition coefficient (Wildman–Crippen LogP) is 4.60. The summed E-state index contributed by atoms with van der Waals surface area (Å²) in [6.07, 6.45) is 1.73. The molecule has 0 unspecified atom stereocenters. The Labute approximate surface area is 208 Å². The molecule has 1 aliphatic heterocycles. The molecule has 3 rings (SSSR count). The summed E-state index contributed by atoms with van der Waals surface area (Å²) in [5.41, 5.74) is 3.04. The van der Waals surface area contributed by atoms with Crippen molar-refractivity contribution in [3.05, 3.63) is 64.7 Å². The van der Waals surface area contributed by atoms with Gasteiger partial charge >= 0.3 is 0 Å². The standard InChI is InChI=1S/C27H36ClN3O3/c1-21(2)27(33)30-16-6-14-29(18-22-10-12-24(28)13-11-22)15-7-17-31(26(32)20-34-3)25-9-5-4-8-23(25)19-30/h4-5,8-13,21H,6-7,14-20H2,1-3H3. The maximum absolute atomic E-state index is 13.0. The number of para-hydroxylation sites is 1. The van der Waals surface area contributed by atoms with Crippen LogP contribution in [0.2, 0.25) is 5.02 Å². The van der Waals surface area contributed by atoms with Gasteiger partial charge in [-0.1, -0.05) is 55.8 Å². The van der Waals surface area contributed by atoms with Crippen LogP contribution in [0.5, 0.6) is 0 Å². The van der Waals surface area contributed by atoms with Crippen LogP contribution in [0.4, 0.5) is 5.69 Å². The van der Waals surface area contributed by atoms with E-state index in [9.17, 15) is 9.59 Å². The fourth-order valence-electron chi connectivity index (χ4n) is 4.38. The molecule has 1 aliphatic rings. The van der Waals surface area contributed by atoms with Gasteiger partial charge in [0.15, 0.2) is 0 Å². The molecule has 2 amide bonds. The van der Waals surface area contributed by atoms with Crippen LogP contribution in [-0.4, -0.2) is 61.5 Å². The Balaban J connectivity index is 1.88. The van der Waals surface area contributed by atoms with Gasteiger partial charge in [0.2, 0.25) is 5.91 Å². The Kier molecular flexibility index (Phi) is 9.93. The first-order valence-electron chi connectivity index (χ1n) is 12.0. The molecule has 34 heavy (non-hydrogen) atoms. The molecule has 0 saturated carbocycles. The number of amides is 2. The molecule has 0 fully saturated rings. The van der Waals surface area contributed by atoms with Crippen LogP contribution in [0.3, 0.4) is 0 Å². The van der Waals surface area contributed by atoms with Gasteiger partial charge in [0.1, 0.15) is 6.61 Å². The number of benzene rings is 2. The van der Waals surface area contributed by atoms with Crippen molar-refractivity contribution in [2.24, 2.45) is 5.92 Å². The minimum Gasteiger partial charge on any atom is -0.375 e. The lowest BCUT2D eigenvalue weighted by molar-refractivity contribution is -0.135. The van der Waals surface area contributed by atoms with Gasteiger partial charge in [-0.25, -0.2) is 0 Å². The number of carbonyl (C=O) groups is 2. The first-order chi connectivity index (χ1) is 16.4. The molecule has 1 heterocycles. The summed E-state index contributed by atoms with van der Waals surface area (Å²) in [5, 5.41) is 0.728. The van der Waals surface area contributed by atoms with E-state index in [0.29, 0.717) is 19.6 Å². The topological polar surface area (TPSA) is 53.1 Å². The Hall–Kier alpha value is -2.41. The molecule has 0 N–H and O–H groups in total. The molecule has 6 nitrogen and oxygen atoms in total. The van der Waals surface area contributed by atoms with E-state index in [2.05, 4.69) is 17.0 Å². The van der Waals surface area contributed by atoms with Gasteiger partial charge in [-0.05, 0) is 42.2 Å². The van der Waals surface area contributed by atoms with Crippen molar-refractivity contribution in [2.75, 3.05) is 44.8 Å². The summed E-state index contributed by atoms with van der Waals surface area (Å²) in [4.78, 5) is 32.2. The first kappa shape index (κ1) is 26.2. The third-order valence-electron chi connectivity index (χ3n) is 6.10. The SMILES string of the molecule is COCC(=O)N1CCCN(Cc2ccc(Cl)cc2)CCCN(C(=O)C(C)C)Cc2ccccc21. The van der Waals surface area contributed by atoms with Crippen molar-refractivity contribution in [1.29, 1.82) is 0 Å². The highest BCUT2D eigenvalue weighted by molar-refractivity contribution is 6.30. The summed E-state index contributed by atoms with van der Waals surface area (Å²) in [5.74, 6) is -0.0275. The molecule has 0 atom stereocenters. The smallest absolute Gasteiger partial charge is 0.252 e. The van der Waals surface area contributed by atoms with E-state index in [1.165, 1.54) is 12.7 Å². The second-order valence-electron chi connectivity index (χ2n) is 9.13. The number of fused-ring (bicyclic) bond motifs is 1. The Morgan fingerprint density at radius 3 is 2.32 bits per heavy atom. The number of ether oxygens (including phenoxy) is 1. The molecule has 0 aliphatic carbocycles. The molecule has 0 saturated heterocycles. The second kappa shape index (κ2) is 12.9. The van der Waals surface area contributed by atoms with Crippen LogP contribution in [0.1, 0.15) is 37.8 Å². The van der Waals surface area contributed by atoms with E-state index in [4.69, 9.17) is 16.3 Å². The van der Waals surface area contributed by atoms with Crippen molar-refractivity contribution in [1.82, 2.24) is 9.80 Å². The maximum Gasteiger partial charge on any atom is 0.252 e. The molecule has 0 spiro atoms. The van der Waals surface area contributed by atoms with Gasteiger partial charge < -0.3 is 14.5 Å². The maximum atomic E-state index is 13.0. The van der Waals surface area contributed by atoms with E-state index in [1.54, 1.807) is 0 Å². The van der Waals surface area contributed by atoms with Crippen LogP contribution >= 0.6 is 11.6 Å². The van der Waals surface area contributed by atoms with Crippen LogP contribution in [0.25, 0.3) is 0 Å². The summed E-state index contributed by atoms with van der Waals surface area (Å²) in [7, 11) is 1.54. The summed E-state index contributed by atoms with van der Waals surface area (Å²) < 4.78 is 5.17. The molecule has 0 bridgehead atoms. The highest BCUT2D eigenvalue weighted by atomic mass is 35.5. The van der Waals surface area contributed by atoms with Crippen LogP contribution in [-0.2, 0) is 27.4 Å². The van der Waals surface area contributed by atoms with Gasteiger partial charge in [0.25, 0.3) is 5.91 Å². The van der Waals surface area contributed by atoms with Crippen molar-refractivity contribution >= 4 is 29.1 Å². The fraction of sp³-hybridized carbons (Fsp3) is 0.481. The van der Waals surface area contributed by atoms with E-state index in [-0.39, 0.29) is 24.3 Å². The quantitative estimate of drug-likeness (QED) is 0.621. The number of methoxy groups -OCH3 is 1. The van der Waals surface area contributed by atoms with Crippen LogP contribution < -0.4 is 4.90 Å². The Morgan fingerprint density at radius 2 is 1.65 bits per heavy atom. The largest absolute Gasteiger partial charge is 0.375 e. The van der Waals surface area contributed by atoms with Gasteiger partial charge in [-0.15, -0.1) is 0 Å². The highest BCUT2D eigenvalue weighted by Gasteiger charge is 2.23. The van der Waals surface area contributed by atoms with Crippen molar-refractivity contribution in [3.8, 4) is 0 Å². The highest BCUT2D eigenvalue weighted by Crippen LogP contribution is 2.24. The lowest BCUT2D eigenvalue weighted by atomic mass is 10.1. The molecule has 2 aromatic rings. The molecular weight excluding hydrogens is 450 g/mol. The third-order valence-corrected chi connectivity index (χ3v) is 6.35. The number of carbonyl (C=O) groups excluding carboxylic acids is 2. The van der Waals surface area contributed by atoms with Crippen molar-refractivity contribution < 1.29 is 14.3 Å². The number of halogens is 1. The number of hydrogen-bond acceptors (Lipinski definition) is 4. The Bertz CT molecular complexity index is 948. The lowest BCUT2D eigenvalue weighted by Gasteiger charge is -2.32. The number of nitrogens with zero attached hydrogens (tertiary/aromatic N) is 3. The van der Waals surface area contributed by atoms with Crippen molar-refractivity contribution in [3.63, 3.8) is 0 Å². The minimum absolute atomic E-state index is 0.0253. The van der Waals surface area contributed by atoms with Gasteiger partial charge in [0.05, 0.1) is 0 Å². The van der Waals surface area contributed by atoms with Gasteiger partial charge in [-0.2, -0.15) is 0 Å². The minimum atomic E-state index is -0.0866. The average molecular weight is 486 g/mol. The van der Waals surface area contributed by atoms with E-state index in [1.807, 2.05) is 60.0 Å². The molecule has 7 heteroatoms. The summed E-state index contributed by atoms with van der Waals surface area (Å²) in [6.45, 7) is 8.18. The monoisotopic (exact) mass is 485 g/mol. The van der Waals surface area contributed by atoms with E-state index < -0.39 is 0 Å². The fourth-order valence-corrected chi connectivity index (χ4v) is 4.51. The predicted molar refractivity (Wildman–Crippen MR) is 137 cm³/mol.